The molecule has 5 N–H and O–H groups in total. The zero-order chi connectivity index (χ0) is 10.6. The van der Waals surface area contributed by atoms with Crippen molar-refractivity contribution < 1.29 is 9.50 Å². The highest BCUT2D eigenvalue weighted by atomic mass is 32.2. The van der Waals surface area contributed by atoms with E-state index in [0.29, 0.717) is 16.3 Å². The smallest absolute Gasteiger partial charge is 0.138 e. The lowest BCUT2D eigenvalue weighted by Crippen LogP contribution is -2.21. The van der Waals surface area contributed by atoms with Crippen molar-refractivity contribution in [3.05, 3.63) is 24.0 Å². The van der Waals surface area contributed by atoms with Gasteiger partial charge in [-0.3, -0.25) is 0 Å². The van der Waals surface area contributed by atoms with Crippen molar-refractivity contribution in [2.75, 3.05) is 18.0 Å². The third-order valence-electron chi connectivity index (χ3n) is 1.66. The summed E-state index contributed by atoms with van der Waals surface area (Å²) in [5, 5.41) is 9.17. The first-order chi connectivity index (χ1) is 6.63. The monoisotopic (exact) mass is 216 g/mol. The fraction of sp³-hybridized carbons (Fsp3) is 0.333. The van der Waals surface area contributed by atoms with Gasteiger partial charge in [0.25, 0.3) is 0 Å². The van der Waals surface area contributed by atoms with E-state index in [9.17, 15) is 9.50 Å². The summed E-state index contributed by atoms with van der Waals surface area (Å²) in [4.78, 5) is 0.478. The van der Waals surface area contributed by atoms with Crippen molar-refractivity contribution in [3.63, 3.8) is 0 Å². The Hall–Kier alpha value is -0.780. The Kier molecular flexibility index (Phi) is 4.19. The van der Waals surface area contributed by atoms with Gasteiger partial charge in [-0.2, -0.15) is 0 Å². The zero-order valence-corrected chi connectivity index (χ0v) is 8.43. The van der Waals surface area contributed by atoms with Gasteiger partial charge in [0.2, 0.25) is 0 Å². The Morgan fingerprint density at radius 1 is 1.50 bits per heavy atom. The van der Waals surface area contributed by atoms with Crippen molar-refractivity contribution in [1.82, 2.24) is 0 Å². The molecule has 0 aromatic heterocycles. The number of nitrogen functional groups attached to an aromatic ring is 1. The molecule has 14 heavy (non-hydrogen) atoms. The Labute approximate surface area is 86.3 Å². The van der Waals surface area contributed by atoms with E-state index in [4.69, 9.17) is 11.5 Å². The van der Waals surface area contributed by atoms with Gasteiger partial charge in [-0.15, -0.1) is 11.8 Å². The molecule has 1 aromatic rings. The zero-order valence-electron chi connectivity index (χ0n) is 7.61. The summed E-state index contributed by atoms with van der Waals surface area (Å²) < 4.78 is 13.2. The first kappa shape index (κ1) is 11.3. The summed E-state index contributed by atoms with van der Waals surface area (Å²) >= 11 is 1.23. The molecular weight excluding hydrogens is 203 g/mol. The van der Waals surface area contributed by atoms with Crippen LogP contribution in [0.2, 0.25) is 0 Å². The summed E-state index contributed by atoms with van der Waals surface area (Å²) in [5.74, 6) is 0.0244. The topological polar surface area (TPSA) is 72.3 Å². The first-order valence-electron chi connectivity index (χ1n) is 4.19. The van der Waals surface area contributed by atoms with Crippen LogP contribution in [0.4, 0.5) is 10.1 Å². The third-order valence-corrected chi connectivity index (χ3v) is 2.85. The fourth-order valence-electron chi connectivity index (χ4n) is 0.888. The average molecular weight is 216 g/mol. The lowest BCUT2D eigenvalue weighted by atomic mass is 10.3. The number of anilines is 1. The number of nitrogens with two attached hydrogens (primary N) is 2. The molecule has 0 radical (unpaired) electrons. The second kappa shape index (κ2) is 5.19. The molecule has 0 fully saturated rings. The molecule has 1 rings (SSSR count). The number of hydrogen-bond donors (Lipinski definition) is 3. The maximum atomic E-state index is 13.2. The summed E-state index contributed by atoms with van der Waals surface area (Å²) in [6.45, 7) is 0.184. The van der Waals surface area contributed by atoms with Crippen LogP contribution < -0.4 is 11.5 Å². The maximum absolute atomic E-state index is 13.2. The van der Waals surface area contributed by atoms with Gasteiger partial charge in [-0.25, -0.2) is 4.39 Å². The first-order valence-corrected chi connectivity index (χ1v) is 5.18. The molecule has 5 heteroatoms. The molecule has 0 aliphatic rings. The van der Waals surface area contributed by atoms with Crippen LogP contribution in [-0.2, 0) is 0 Å². The molecule has 0 spiro atoms. The highest BCUT2D eigenvalue weighted by Gasteiger charge is 2.06. The van der Waals surface area contributed by atoms with Gasteiger partial charge in [-0.1, -0.05) is 0 Å². The van der Waals surface area contributed by atoms with E-state index >= 15 is 0 Å². The van der Waals surface area contributed by atoms with Crippen molar-refractivity contribution >= 4 is 17.4 Å². The summed E-state index contributed by atoms with van der Waals surface area (Å²) in [7, 11) is 0. The van der Waals surface area contributed by atoms with Crippen molar-refractivity contribution in [1.29, 1.82) is 0 Å². The largest absolute Gasteiger partial charge is 0.399 e. The standard InChI is InChI=1S/C9H13FN2OS/c10-8-3-6(12)1-2-9(8)14-5-7(13)4-11/h1-3,7,13H,4-5,11-12H2. The van der Waals surface area contributed by atoms with Crippen LogP contribution in [0.15, 0.2) is 23.1 Å². The van der Waals surface area contributed by atoms with Gasteiger partial charge < -0.3 is 16.6 Å². The predicted molar refractivity (Wildman–Crippen MR) is 56.6 cm³/mol. The minimum absolute atomic E-state index is 0.184. The van der Waals surface area contributed by atoms with Crippen molar-refractivity contribution in [2.24, 2.45) is 5.73 Å². The number of halogens is 1. The molecule has 0 aliphatic carbocycles. The molecule has 0 saturated heterocycles. The Bertz CT molecular complexity index is 309. The molecule has 1 aromatic carbocycles. The summed E-state index contributed by atoms with van der Waals surface area (Å²) in [5.41, 5.74) is 11.0. The number of thioether (sulfide) groups is 1. The highest BCUT2D eigenvalue weighted by molar-refractivity contribution is 7.99. The Morgan fingerprint density at radius 2 is 2.21 bits per heavy atom. The molecule has 78 valence electrons. The van der Waals surface area contributed by atoms with Gasteiger partial charge in [-0.05, 0) is 18.2 Å². The quantitative estimate of drug-likeness (QED) is 0.514. The van der Waals surface area contributed by atoms with E-state index < -0.39 is 6.10 Å². The van der Waals surface area contributed by atoms with Crippen LogP contribution in [0.1, 0.15) is 0 Å². The Morgan fingerprint density at radius 3 is 2.79 bits per heavy atom. The lowest BCUT2D eigenvalue weighted by molar-refractivity contribution is 0.208. The number of aliphatic hydroxyl groups excluding tert-OH is 1. The third kappa shape index (κ3) is 3.17. The second-order valence-electron chi connectivity index (χ2n) is 2.89. The van der Waals surface area contributed by atoms with Gasteiger partial charge in [0.05, 0.1) is 6.10 Å². The number of aliphatic hydroxyl groups is 1. The predicted octanol–water partition coefficient (Wildman–Crippen LogP) is 0.820. The van der Waals surface area contributed by atoms with E-state index in [2.05, 4.69) is 0 Å². The molecule has 3 nitrogen and oxygen atoms in total. The van der Waals surface area contributed by atoms with Crippen LogP contribution in [0.25, 0.3) is 0 Å². The van der Waals surface area contributed by atoms with Crippen LogP contribution in [0.5, 0.6) is 0 Å². The minimum atomic E-state index is -0.600. The van der Waals surface area contributed by atoms with Crippen molar-refractivity contribution in [3.8, 4) is 0 Å². The maximum Gasteiger partial charge on any atom is 0.138 e. The minimum Gasteiger partial charge on any atom is -0.399 e. The summed E-state index contributed by atoms with van der Waals surface area (Å²) in [6.07, 6.45) is -0.600. The summed E-state index contributed by atoms with van der Waals surface area (Å²) in [6, 6.07) is 4.48. The molecule has 0 aliphatic heterocycles. The number of rotatable bonds is 4. The molecule has 0 bridgehead atoms. The fourth-order valence-corrected chi connectivity index (χ4v) is 1.76. The van der Waals surface area contributed by atoms with Crippen LogP contribution >= 0.6 is 11.8 Å². The molecule has 1 unspecified atom stereocenters. The molecule has 1 atom stereocenters. The van der Waals surface area contributed by atoms with E-state index in [1.54, 1.807) is 12.1 Å². The van der Waals surface area contributed by atoms with E-state index in [1.165, 1.54) is 17.8 Å². The van der Waals surface area contributed by atoms with E-state index in [0.717, 1.165) is 0 Å². The molecular formula is C9H13FN2OS. The lowest BCUT2D eigenvalue weighted by Gasteiger charge is -2.07. The van der Waals surface area contributed by atoms with Gasteiger partial charge in [0.1, 0.15) is 5.82 Å². The van der Waals surface area contributed by atoms with Crippen LogP contribution in [0.3, 0.4) is 0 Å². The van der Waals surface area contributed by atoms with Crippen molar-refractivity contribution in [2.45, 2.75) is 11.0 Å². The number of benzene rings is 1. The molecule has 0 heterocycles. The average Bonchev–Trinajstić information content (AvgIpc) is 2.16. The van der Waals surface area contributed by atoms with Crippen LogP contribution in [-0.4, -0.2) is 23.5 Å². The van der Waals surface area contributed by atoms with Gasteiger partial charge in [0.15, 0.2) is 0 Å². The number of hydrogen-bond acceptors (Lipinski definition) is 4. The van der Waals surface area contributed by atoms with Gasteiger partial charge >= 0.3 is 0 Å². The Balaban J connectivity index is 2.59. The van der Waals surface area contributed by atoms with E-state index in [-0.39, 0.29) is 12.4 Å². The highest BCUT2D eigenvalue weighted by Crippen LogP contribution is 2.23. The van der Waals surface area contributed by atoms with Gasteiger partial charge in [0, 0.05) is 22.9 Å². The normalized spacial score (nSPS) is 12.8. The SMILES string of the molecule is NCC(O)CSc1ccc(N)cc1F. The molecule has 0 amide bonds. The second-order valence-corrected chi connectivity index (χ2v) is 3.95. The molecule has 0 saturated carbocycles. The van der Waals surface area contributed by atoms with Crippen LogP contribution in [0, 0.1) is 5.82 Å². The van der Waals surface area contributed by atoms with E-state index in [1.807, 2.05) is 0 Å².